The predicted octanol–water partition coefficient (Wildman–Crippen LogP) is 5.71. The normalized spacial score (nSPS) is 11.8. The number of fused-ring (bicyclic) bond motifs is 5. The second kappa shape index (κ2) is 4.75. The van der Waals surface area contributed by atoms with Crippen molar-refractivity contribution < 1.29 is 0 Å². The van der Waals surface area contributed by atoms with Crippen LogP contribution in [0.2, 0.25) is 0 Å². The van der Waals surface area contributed by atoms with Gasteiger partial charge in [-0.15, -0.1) is 0 Å². The van der Waals surface area contributed by atoms with E-state index in [0.29, 0.717) is 0 Å². The zero-order chi connectivity index (χ0) is 16.3. The van der Waals surface area contributed by atoms with Crippen LogP contribution < -0.4 is 0 Å². The molecule has 0 saturated carbocycles. The van der Waals surface area contributed by atoms with Gasteiger partial charge >= 0.3 is 0 Å². The molecule has 0 atom stereocenters. The molecule has 3 aromatic carbocycles. The number of aromatic nitrogens is 2. The minimum Gasteiger partial charge on any atom is -0.248 e. The lowest BCUT2D eigenvalue weighted by Crippen LogP contribution is -1.93. The average Bonchev–Trinajstić information content (AvgIpc) is 2.62. The number of rotatable bonds is 0. The standard InChI is InChI=1S/C22H16N2/c1-13-15-7-3-5-9-17(15)23-19-11-12-20-22(21(13)19)14(2)16-8-4-6-10-18(16)24-20/h3-12H,1-2H3. The van der Waals surface area contributed by atoms with E-state index in [1.807, 2.05) is 12.1 Å². The van der Waals surface area contributed by atoms with E-state index in [4.69, 9.17) is 9.97 Å². The number of aryl methyl sites for hydroxylation is 2. The van der Waals surface area contributed by atoms with E-state index < -0.39 is 0 Å². The van der Waals surface area contributed by atoms with Crippen molar-refractivity contribution in [2.45, 2.75) is 13.8 Å². The third kappa shape index (κ3) is 1.71. The molecule has 0 radical (unpaired) electrons. The molecule has 0 aliphatic heterocycles. The summed E-state index contributed by atoms with van der Waals surface area (Å²) in [5.74, 6) is 0. The predicted molar refractivity (Wildman–Crippen MR) is 102 cm³/mol. The maximum atomic E-state index is 4.88. The fourth-order valence-electron chi connectivity index (χ4n) is 3.83. The molecule has 0 unspecified atom stereocenters. The highest BCUT2D eigenvalue weighted by molar-refractivity contribution is 6.15. The third-order valence-corrected chi connectivity index (χ3v) is 5.01. The van der Waals surface area contributed by atoms with E-state index in [1.165, 1.54) is 32.7 Å². The number of pyridine rings is 2. The smallest absolute Gasteiger partial charge is 0.0720 e. The molecule has 0 saturated heterocycles. The number of hydrogen-bond acceptors (Lipinski definition) is 2. The Morgan fingerprint density at radius 3 is 1.38 bits per heavy atom. The SMILES string of the molecule is Cc1c2ccccc2nc2ccc3nc4ccccc4c(C)c3c12. The summed E-state index contributed by atoms with van der Waals surface area (Å²) in [5.41, 5.74) is 6.74. The van der Waals surface area contributed by atoms with Crippen molar-refractivity contribution in [2.75, 3.05) is 0 Å². The fraction of sp³-hybridized carbons (Fsp3) is 0.0909. The van der Waals surface area contributed by atoms with Crippen LogP contribution in [0.15, 0.2) is 60.7 Å². The first-order valence-electron chi connectivity index (χ1n) is 8.21. The quantitative estimate of drug-likeness (QED) is 0.270. The van der Waals surface area contributed by atoms with Gasteiger partial charge in [0.05, 0.1) is 22.1 Å². The summed E-state index contributed by atoms with van der Waals surface area (Å²) < 4.78 is 0. The Morgan fingerprint density at radius 1 is 0.500 bits per heavy atom. The van der Waals surface area contributed by atoms with Gasteiger partial charge in [0.15, 0.2) is 0 Å². The molecule has 5 aromatic rings. The second-order valence-electron chi connectivity index (χ2n) is 6.36. The van der Waals surface area contributed by atoms with E-state index in [1.54, 1.807) is 0 Å². The topological polar surface area (TPSA) is 25.8 Å². The van der Waals surface area contributed by atoms with Gasteiger partial charge in [0, 0.05) is 21.5 Å². The number of para-hydroxylation sites is 2. The van der Waals surface area contributed by atoms with Crippen LogP contribution in [-0.2, 0) is 0 Å². The molecule has 0 fully saturated rings. The Balaban J connectivity index is 2.10. The minimum atomic E-state index is 1.04. The van der Waals surface area contributed by atoms with Crippen molar-refractivity contribution in [1.29, 1.82) is 0 Å². The molecule has 2 aromatic heterocycles. The maximum Gasteiger partial charge on any atom is 0.0720 e. The molecule has 0 aliphatic carbocycles. The number of hydrogen-bond donors (Lipinski definition) is 0. The van der Waals surface area contributed by atoms with Gasteiger partial charge in [-0.1, -0.05) is 36.4 Å². The lowest BCUT2D eigenvalue weighted by molar-refractivity contribution is 1.43. The molecule has 24 heavy (non-hydrogen) atoms. The van der Waals surface area contributed by atoms with Gasteiger partial charge in [0.2, 0.25) is 0 Å². The van der Waals surface area contributed by atoms with Gasteiger partial charge in [-0.25, -0.2) is 9.97 Å². The Hall–Kier alpha value is -3.00. The molecule has 0 amide bonds. The van der Waals surface area contributed by atoms with Crippen molar-refractivity contribution in [3.63, 3.8) is 0 Å². The summed E-state index contributed by atoms with van der Waals surface area (Å²) in [6.07, 6.45) is 0. The van der Waals surface area contributed by atoms with Gasteiger partial charge in [0.1, 0.15) is 0 Å². The van der Waals surface area contributed by atoms with Crippen molar-refractivity contribution in [3.05, 3.63) is 71.8 Å². The highest BCUT2D eigenvalue weighted by Gasteiger charge is 2.13. The zero-order valence-corrected chi connectivity index (χ0v) is 13.7. The molecular weight excluding hydrogens is 292 g/mol. The van der Waals surface area contributed by atoms with Crippen LogP contribution in [0.3, 0.4) is 0 Å². The van der Waals surface area contributed by atoms with Crippen molar-refractivity contribution in [2.24, 2.45) is 0 Å². The summed E-state index contributed by atoms with van der Waals surface area (Å²) >= 11 is 0. The molecule has 5 rings (SSSR count). The van der Waals surface area contributed by atoms with Crippen LogP contribution in [0.4, 0.5) is 0 Å². The summed E-state index contributed by atoms with van der Waals surface area (Å²) in [4.78, 5) is 9.76. The van der Waals surface area contributed by atoms with Gasteiger partial charge in [-0.05, 0) is 49.2 Å². The summed E-state index contributed by atoms with van der Waals surface area (Å²) in [6, 6.07) is 20.9. The highest BCUT2D eigenvalue weighted by Crippen LogP contribution is 2.35. The second-order valence-corrected chi connectivity index (χ2v) is 6.36. The minimum absolute atomic E-state index is 1.04. The molecule has 2 heteroatoms. The van der Waals surface area contributed by atoms with Crippen LogP contribution in [0, 0.1) is 13.8 Å². The van der Waals surface area contributed by atoms with Crippen LogP contribution >= 0.6 is 0 Å². The van der Waals surface area contributed by atoms with E-state index >= 15 is 0 Å². The molecule has 2 nitrogen and oxygen atoms in total. The summed E-state index contributed by atoms with van der Waals surface area (Å²) in [5, 5.41) is 4.87. The molecular formula is C22H16N2. The lowest BCUT2D eigenvalue weighted by atomic mass is 9.96. The van der Waals surface area contributed by atoms with Gasteiger partial charge < -0.3 is 0 Å². The molecule has 0 bridgehead atoms. The first kappa shape index (κ1) is 13.4. The Bertz CT molecular complexity index is 1170. The van der Waals surface area contributed by atoms with Crippen LogP contribution in [0.5, 0.6) is 0 Å². The first-order valence-corrected chi connectivity index (χ1v) is 8.21. The Kier molecular flexibility index (Phi) is 2.66. The number of nitrogens with zero attached hydrogens (tertiary/aromatic N) is 2. The van der Waals surface area contributed by atoms with Crippen molar-refractivity contribution >= 4 is 43.6 Å². The molecule has 2 heterocycles. The Labute approximate surface area is 139 Å². The summed E-state index contributed by atoms with van der Waals surface area (Å²) in [6.45, 7) is 4.39. The van der Waals surface area contributed by atoms with Gasteiger partial charge in [-0.2, -0.15) is 0 Å². The molecule has 0 N–H and O–H groups in total. The van der Waals surface area contributed by atoms with Gasteiger partial charge in [0.25, 0.3) is 0 Å². The van der Waals surface area contributed by atoms with Crippen LogP contribution in [-0.4, -0.2) is 9.97 Å². The first-order chi connectivity index (χ1) is 11.7. The van der Waals surface area contributed by atoms with E-state index in [-0.39, 0.29) is 0 Å². The monoisotopic (exact) mass is 308 g/mol. The molecule has 114 valence electrons. The number of benzene rings is 3. The largest absolute Gasteiger partial charge is 0.248 e. The lowest BCUT2D eigenvalue weighted by Gasteiger charge is -2.13. The van der Waals surface area contributed by atoms with Crippen molar-refractivity contribution in [3.8, 4) is 0 Å². The maximum absolute atomic E-state index is 4.88. The van der Waals surface area contributed by atoms with Gasteiger partial charge in [-0.3, -0.25) is 0 Å². The van der Waals surface area contributed by atoms with Crippen molar-refractivity contribution in [1.82, 2.24) is 9.97 Å². The average molecular weight is 308 g/mol. The summed E-state index contributed by atoms with van der Waals surface area (Å²) in [7, 11) is 0. The zero-order valence-electron chi connectivity index (χ0n) is 13.7. The van der Waals surface area contributed by atoms with Crippen LogP contribution in [0.25, 0.3) is 43.6 Å². The highest BCUT2D eigenvalue weighted by atomic mass is 14.7. The third-order valence-electron chi connectivity index (χ3n) is 5.01. The molecule has 0 aliphatic rings. The van der Waals surface area contributed by atoms with E-state index in [2.05, 4.69) is 62.4 Å². The molecule has 0 spiro atoms. The van der Waals surface area contributed by atoms with Crippen LogP contribution in [0.1, 0.15) is 11.1 Å². The fourth-order valence-corrected chi connectivity index (χ4v) is 3.83. The van der Waals surface area contributed by atoms with E-state index in [9.17, 15) is 0 Å². The van der Waals surface area contributed by atoms with E-state index in [0.717, 1.165) is 22.1 Å². The Morgan fingerprint density at radius 2 is 0.917 bits per heavy atom.